The van der Waals surface area contributed by atoms with Crippen LogP contribution in [0.15, 0.2) is 91.0 Å². The van der Waals surface area contributed by atoms with E-state index >= 15 is 0 Å². The third-order valence-corrected chi connectivity index (χ3v) is 4.70. The van der Waals surface area contributed by atoms with Crippen LogP contribution in [0.1, 0.15) is 0 Å². The molecule has 0 aliphatic heterocycles. The van der Waals surface area contributed by atoms with Crippen LogP contribution in [-0.4, -0.2) is 60.8 Å². The van der Waals surface area contributed by atoms with Gasteiger partial charge in [0.2, 0.25) is 0 Å². The summed E-state index contributed by atoms with van der Waals surface area (Å²) in [6.45, 7) is 0. The van der Waals surface area contributed by atoms with Crippen molar-refractivity contribution >= 4 is 27.2 Å². The van der Waals surface area contributed by atoms with Crippen LogP contribution in [0.2, 0.25) is 0 Å². The molecule has 35 heavy (non-hydrogen) atoms. The molecule has 0 spiro atoms. The largest absolute Gasteiger partial charge is 0.522 e. The van der Waals surface area contributed by atoms with Crippen molar-refractivity contribution in [2.45, 2.75) is 5.51 Å². The second-order valence-corrected chi connectivity index (χ2v) is 9.02. The molecule has 0 fully saturated rings. The molecule has 0 saturated heterocycles. The summed E-state index contributed by atoms with van der Waals surface area (Å²) < 4.78 is 57.5. The molecule has 3 aromatic rings. The first-order chi connectivity index (χ1) is 16.2. The van der Waals surface area contributed by atoms with Crippen LogP contribution < -0.4 is 14.7 Å². The normalized spacial score (nSPS) is 10.2. The van der Waals surface area contributed by atoms with Crippen LogP contribution in [0, 0.1) is 0 Å². The fraction of sp³-hybridized carbons (Fsp3) is 0.280. The first-order valence-corrected chi connectivity index (χ1v) is 11.8. The summed E-state index contributed by atoms with van der Waals surface area (Å²) in [5.74, 6) is 0. The molecule has 0 radical (unpaired) electrons. The Hall–Kier alpha value is -3.24. The Kier molecular flexibility index (Phi) is 14.2. The van der Waals surface area contributed by atoms with E-state index < -0.39 is 15.6 Å². The maximum atomic E-state index is 10.7. The first kappa shape index (κ1) is 31.8. The Labute approximate surface area is 207 Å². The van der Waals surface area contributed by atoms with Crippen molar-refractivity contribution in [2.24, 2.45) is 0 Å². The molecule has 194 valence electrons. The van der Waals surface area contributed by atoms with Gasteiger partial charge in [0.15, 0.2) is 0 Å². The summed E-state index contributed by atoms with van der Waals surface area (Å²) in [6.07, 6.45) is 0. The van der Waals surface area contributed by atoms with Crippen LogP contribution in [-0.2, 0) is 10.1 Å². The number of alkyl halides is 3. The smallest absolute Gasteiger partial charge is 0.378 e. The molecule has 3 rings (SSSR count). The standard InChI is InChI=1S/3C8H11N.CHF3O3S/c3*1-9(2)8-6-4-3-5-7-8;2-1(3,4)8(5,6)7/h3*3-7H,1-2H3;(H,5,6,7). The van der Waals surface area contributed by atoms with Gasteiger partial charge in [0.1, 0.15) is 0 Å². The highest BCUT2D eigenvalue weighted by atomic mass is 32.2. The minimum Gasteiger partial charge on any atom is -0.378 e. The molecule has 0 aromatic heterocycles. The number of hydrogen-bond acceptors (Lipinski definition) is 5. The van der Waals surface area contributed by atoms with Gasteiger partial charge in [0.25, 0.3) is 0 Å². The van der Waals surface area contributed by atoms with Crippen LogP contribution in [0.4, 0.5) is 30.2 Å². The summed E-state index contributed by atoms with van der Waals surface area (Å²) in [5.41, 5.74) is -1.79. The SMILES string of the molecule is CN(C)c1ccccc1.CN(C)c1ccccc1.CN(C)c1ccccc1.O=S(=O)(O)C(F)(F)F. The fourth-order valence-electron chi connectivity index (χ4n) is 2.18. The van der Waals surface area contributed by atoms with Gasteiger partial charge >= 0.3 is 15.6 Å². The average Bonchev–Trinajstić information content (AvgIpc) is 2.81. The first-order valence-electron chi connectivity index (χ1n) is 10.4. The van der Waals surface area contributed by atoms with Crippen molar-refractivity contribution in [1.82, 2.24) is 0 Å². The number of nitrogens with zero attached hydrogens (tertiary/aromatic N) is 3. The fourth-order valence-corrected chi connectivity index (χ4v) is 2.18. The lowest BCUT2D eigenvalue weighted by molar-refractivity contribution is -0.0510. The lowest BCUT2D eigenvalue weighted by atomic mass is 10.3. The van der Waals surface area contributed by atoms with E-state index in [-0.39, 0.29) is 0 Å². The molecule has 1 N–H and O–H groups in total. The van der Waals surface area contributed by atoms with Gasteiger partial charge in [-0.25, -0.2) is 0 Å². The number of halogens is 3. The van der Waals surface area contributed by atoms with Crippen molar-refractivity contribution < 1.29 is 26.1 Å². The summed E-state index contributed by atoms with van der Waals surface area (Å²) in [7, 11) is 6.38. The Balaban J connectivity index is 0.000000441. The highest BCUT2D eigenvalue weighted by Gasteiger charge is 2.44. The van der Waals surface area contributed by atoms with Gasteiger partial charge in [-0.05, 0) is 36.4 Å². The predicted octanol–water partition coefficient (Wildman–Crippen LogP) is 5.65. The van der Waals surface area contributed by atoms with Gasteiger partial charge in [-0.3, -0.25) is 4.55 Å². The third-order valence-electron chi connectivity index (χ3n) is 4.11. The van der Waals surface area contributed by atoms with Crippen molar-refractivity contribution in [2.75, 3.05) is 57.0 Å². The Morgan fingerprint density at radius 1 is 0.543 bits per heavy atom. The molecular formula is C25H34F3N3O3S. The molecule has 0 unspecified atom stereocenters. The molecular weight excluding hydrogens is 479 g/mol. The number of benzene rings is 3. The number of rotatable bonds is 3. The van der Waals surface area contributed by atoms with E-state index in [4.69, 9.17) is 13.0 Å². The lowest BCUT2D eigenvalue weighted by Gasteiger charge is -2.10. The zero-order valence-electron chi connectivity index (χ0n) is 20.8. The Morgan fingerprint density at radius 3 is 0.800 bits per heavy atom. The van der Waals surface area contributed by atoms with E-state index in [9.17, 15) is 13.2 Å². The molecule has 0 heterocycles. The number of anilines is 3. The summed E-state index contributed by atoms with van der Waals surface area (Å²) in [6, 6.07) is 30.8. The van der Waals surface area contributed by atoms with E-state index in [2.05, 4.69) is 51.1 Å². The summed E-state index contributed by atoms with van der Waals surface area (Å²) in [5, 5.41) is 0. The van der Waals surface area contributed by atoms with Crippen molar-refractivity contribution in [3.05, 3.63) is 91.0 Å². The van der Waals surface area contributed by atoms with Crippen LogP contribution in [0.25, 0.3) is 0 Å². The zero-order valence-corrected chi connectivity index (χ0v) is 21.6. The average molecular weight is 514 g/mol. The van der Waals surface area contributed by atoms with Gasteiger partial charge in [-0.2, -0.15) is 21.6 Å². The van der Waals surface area contributed by atoms with Crippen molar-refractivity contribution in [3.63, 3.8) is 0 Å². The quantitative estimate of drug-likeness (QED) is 0.361. The Morgan fingerprint density at radius 2 is 0.714 bits per heavy atom. The number of para-hydroxylation sites is 3. The summed E-state index contributed by atoms with van der Waals surface area (Å²) >= 11 is 0. The Bertz CT molecular complexity index is 928. The molecule has 0 atom stereocenters. The molecule has 0 aliphatic rings. The van der Waals surface area contributed by atoms with E-state index in [0.717, 1.165) is 0 Å². The topological polar surface area (TPSA) is 64.1 Å². The highest BCUT2D eigenvalue weighted by Crippen LogP contribution is 2.20. The van der Waals surface area contributed by atoms with Gasteiger partial charge in [0.05, 0.1) is 0 Å². The molecule has 0 saturated carbocycles. The van der Waals surface area contributed by atoms with Gasteiger partial charge in [-0.15, -0.1) is 0 Å². The second-order valence-electron chi connectivity index (χ2n) is 7.61. The molecule has 6 nitrogen and oxygen atoms in total. The van der Waals surface area contributed by atoms with Crippen molar-refractivity contribution in [1.29, 1.82) is 0 Å². The molecule has 10 heteroatoms. The molecule has 0 aliphatic carbocycles. The van der Waals surface area contributed by atoms with Crippen LogP contribution in [0.3, 0.4) is 0 Å². The van der Waals surface area contributed by atoms with Gasteiger partial charge in [0, 0.05) is 59.3 Å². The highest BCUT2D eigenvalue weighted by molar-refractivity contribution is 7.86. The lowest BCUT2D eigenvalue weighted by Crippen LogP contribution is -2.21. The van der Waals surface area contributed by atoms with Gasteiger partial charge < -0.3 is 14.7 Å². The van der Waals surface area contributed by atoms with E-state index in [0.29, 0.717) is 0 Å². The zero-order chi connectivity index (χ0) is 27.1. The maximum Gasteiger partial charge on any atom is 0.522 e. The van der Waals surface area contributed by atoms with Crippen LogP contribution >= 0.6 is 0 Å². The molecule has 3 aromatic carbocycles. The maximum absolute atomic E-state index is 10.7. The minimum atomic E-state index is -5.84. The third kappa shape index (κ3) is 14.6. The molecule has 0 amide bonds. The summed E-state index contributed by atoms with van der Waals surface area (Å²) in [4.78, 5) is 6.25. The van der Waals surface area contributed by atoms with Crippen LogP contribution in [0.5, 0.6) is 0 Å². The van der Waals surface area contributed by atoms with Crippen molar-refractivity contribution in [3.8, 4) is 0 Å². The monoisotopic (exact) mass is 513 g/mol. The second kappa shape index (κ2) is 15.6. The predicted molar refractivity (Wildman–Crippen MR) is 140 cm³/mol. The van der Waals surface area contributed by atoms with E-state index in [1.54, 1.807) is 0 Å². The van der Waals surface area contributed by atoms with Gasteiger partial charge in [-0.1, -0.05) is 54.6 Å². The van der Waals surface area contributed by atoms with E-state index in [1.807, 2.05) is 96.9 Å². The molecule has 0 bridgehead atoms. The minimum absolute atomic E-state index is 1.25. The van der Waals surface area contributed by atoms with E-state index in [1.165, 1.54) is 17.1 Å². The number of hydrogen-bond donors (Lipinski definition) is 1.